The molecule has 1 fully saturated rings. The van der Waals surface area contributed by atoms with Crippen LogP contribution in [0.3, 0.4) is 0 Å². The van der Waals surface area contributed by atoms with Gasteiger partial charge in [0.05, 0.1) is 12.1 Å². The number of carbonyl (C=O) groups excluding carboxylic acids is 1. The van der Waals surface area contributed by atoms with Crippen LogP contribution in [0.15, 0.2) is 33.9 Å². The molecule has 3 heterocycles. The molecule has 4 rings (SSSR count). The molecule has 1 aromatic carbocycles. The molecular weight excluding hydrogens is 465 g/mol. The third-order valence-corrected chi connectivity index (χ3v) is 6.32. The van der Waals surface area contributed by atoms with Gasteiger partial charge in [0.2, 0.25) is 0 Å². The molecule has 3 aromatic rings. The van der Waals surface area contributed by atoms with E-state index >= 15 is 0 Å². The fraction of sp³-hybridized carbons (Fsp3) is 0.478. The first-order valence-corrected chi connectivity index (χ1v) is 11.5. The number of amides is 1. The number of nitrogens with one attached hydrogen (secondary N) is 1. The lowest BCUT2D eigenvalue weighted by molar-refractivity contribution is -0.137. The summed E-state index contributed by atoms with van der Waals surface area (Å²) < 4.78 is 41.5. The van der Waals surface area contributed by atoms with Crippen molar-refractivity contribution in [1.29, 1.82) is 0 Å². The van der Waals surface area contributed by atoms with E-state index in [1.54, 1.807) is 16.5 Å². The summed E-state index contributed by atoms with van der Waals surface area (Å²) in [7, 11) is 1.74. The summed E-state index contributed by atoms with van der Waals surface area (Å²) in [6.07, 6.45) is -2.78. The van der Waals surface area contributed by atoms with E-state index in [1.807, 2.05) is 6.92 Å². The van der Waals surface area contributed by atoms with Gasteiger partial charge in [0.15, 0.2) is 11.2 Å². The summed E-state index contributed by atoms with van der Waals surface area (Å²) in [5, 5.41) is 0. The Hall–Kier alpha value is -3.41. The Morgan fingerprint density at radius 1 is 1.09 bits per heavy atom. The number of aryl methyl sites for hydroxylation is 2. The highest BCUT2D eigenvalue weighted by atomic mass is 19.4. The van der Waals surface area contributed by atoms with E-state index in [2.05, 4.69) is 14.9 Å². The number of aromatic amines is 1. The number of halogens is 3. The zero-order valence-corrected chi connectivity index (χ0v) is 19.6. The Kier molecular flexibility index (Phi) is 6.84. The lowest BCUT2D eigenvalue weighted by Gasteiger charge is -2.34. The number of rotatable bonds is 6. The van der Waals surface area contributed by atoms with Crippen molar-refractivity contribution in [2.24, 2.45) is 7.05 Å². The van der Waals surface area contributed by atoms with Crippen molar-refractivity contribution in [2.75, 3.05) is 26.2 Å². The van der Waals surface area contributed by atoms with Crippen LogP contribution in [-0.2, 0) is 26.3 Å². The highest BCUT2D eigenvalue weighted by molar-refractivity contribution is 5.94. The zero-order chi connectivity index (χ0) is 25.3. The number of alkyl halides is 3. The van der Waals surface area contributed by atoms with Crippen molar-refractivity contribution in [2.45, 2.75) is 39.0 Å². The highest BCUT2D eigenvalue weighted by Crippen LogP contribution is 2.29. The van der Waals surface area contributed by atoms with Crippen LogP contribution in [0.1, 0.15) is 41.5 Å². The molecule has 1 aliphatic heterocycles. The number of piperazine rings is 1. The van der Waals surface area contributed by atoms with E-state index in [9.17, 15) is 27.6 Å². The number of carbonyl (C=O) groups is 1. The van der Waals surface area contributed by atoms with E-state index in [0.717, 1.165) is 25.0 Å². The second kappa shape index (κ2) is 9.68. The van der Waals surface area contributed by atoms with Crippen molar-refractivity contribution in [3.05, 3.63) is 62.1 Å². The summed E-state index contributed by atoms with van der Waals surface area (Å²) >= 11 is 0. The van der Waals surface area contributed by atoms with E-state index in [0.29, 0.717) is 56.3 Å². The van der Waals surface area contributed by atoms with Crippen molar-refractivity contribution in [1.82, 2.24) is 28.9 Å². The molecule has 1 aliphatic rings. The number of hydrogen-bond acceptors (Lipinski definition) is 5. The average molecular weight is 493 g/mol. The number of benzene rings is 1. The smallest absolute Gasteiger partial charge is 0.336 e. The minimum absolute atomic E-state index is 0.214. The molecule has 0 atom stereocenters. The Labute approximate surface area is 198 Å². The first-order chi connectivity index (χ1) is 16.6. The predicted molar refractivity (Wildman–Crippen MR) is 123 cm³/mol. The molecule has 1 N–H and O–H groups in total. The second-order valence-corrected chi connectivity index (χ2v) is 8.67. The Morgan fingerprint density at radius 3 is 2.34 bits per heavy atom. The minimum atomic E-state index is -4.45. The number of aromatic nitrogens is 4. The van der Waals surface area contributed by atoms with Crippen molar-refractivity contribution >= 4 is 17.1 Å². The van der Waals surface area contributed by atoms with Gasteiger partial charge < -0.3 is 9.47 Å². The SMILES string of the molecule is CCCCn1c(=O)[nH]c(=O)c2c1nc(CN1CCN(C(=O)c3ccc(C(F)(F)F)cc3)CC1)n2C. The van der Waals surface area contributed by atoms with Gasteiger partial charge in [-0.05, 0) is 30.7 Å². The van der Waals surface area contributed by atoms with Gasteiger partial charge in [0, 0.05) is 45.3 Å². The lowest BCUT2D eigenvalue weighted by atomic mass is 10.1. The molecule has 188 valence electrons. The number of hydrogen-bond donors (Lipinski definition) is 1. The topological polar surface area (TPSA) is 96.2 Å². The van der Waals surface area contributed by atoms with Crippen LogP contribution in [-0.4, -0.2) is 61.0 Å². The van der Waals surface area contributed by atoms with Crippen LogP contribution in [0.4, 0.5) is 13.2 Å². The molecule has 1 saturated heterocycles. The summed E-state index contributed by atoms with van der Waals surface area (Å²) in [5.41, 5.74) is -0.832. The van der Waals surface area contributed by atoms with Crippen molar-refractivity contribution < 1.29 is 18.0 Å². The van der Waals surface area contributed by atoms with E-state index in [4.69, 9.17) is 0 Å². The standard InChI is InChI=1S/C23H27F3N6O3/c1-3-4-9-32-19-18(20(33)28-22(32)35)29(2)17(27-19)14-30-10-12-31(13-11-30)21(34)15-5-7-16(8-6-15)23(24,25)26/h5-8H,3-4,9-14H2,1-2H3,(H,28,33,35). The summed E-state index contributed by atoms with van der Waals surface area (Å²) in [4.78, 5) is 48.1. The normalized spacial score (nSPS) is 15.2. The van der Waals surface area contributed by atoms with Gasteiger partial charge in [0.1, 0.15) is 5.82 Å². The number of nitrogens with zero attached hydrogens (tertiary/aromatic N) is 5. The summed E-state index contributed by atoms with van der Waals surface area (Å²) in [6, 6.07) is 4.23. The summed E-state index contributed by atoms with van der Waals surface area (Å²) in [6.45, 7) is 4.79. The second-order valence-electron chi connectivity index (χ2n) is 8.67. The molecule has 2 aromatic heterocycles. The number of H-pyrrole nitrogens is 1. The fourth-order valence-corrected chi connectivity index (χ4v) is 4.25. The van der Waals surface area contributed by atoms with Gasteiger partial charge >= 0.3 is 11.9 Å². The maximum Gasteiger partial charge on any atom is 0.416 e. The zero-order valence-electron chi connectivity index (χ0n) is 19.6. The van der Waals surface area contributed by atoms with Gasteiger partial charge in [-0.1, -0.05) is 13.3 Å². The van der Waals surface area contributed by atoms with Crippen molar-refractivity contribution in [3.8, 4) is 0 Å². The maximum atomic E-state index is 12.8. The largest absolute Gasteiger partial charge is 0.416 e. The minimum Gasteiger partial charge on any atom is -0.336 e. The first-order valence-electron chi connectivity index (χ1n) is 11.5. The quantitative estimate of drug-likeness (QED) is 0.569. The van der Waals surface area contributed by atoms with Gasteiger partial charge in [-0.2, -0.15) is 13.2 Å². The van der Waals surface area contributed by atoms with E-state index < -0.39 is 23.0 Å². The third kappa shape index (κ3) is 5.02. The van der Waals surface area contributed by atoms with E-state index in [1.165, 1.54) is 16.7 Å². The maximum absolute atomic E-state index is 12.8. The van der Waals surface area contributed by atoms with Crippen LogP contribution < -0.4 is 11.2 Å². The molecular formula is C23H27F3N6O3. The monoisotopic (exact) mass is 492 g/mol. The molecule has 35 heavy (non-hydrogen) atoms. The molecule has 0 aliphatic carbocycles. The van der Waals surface area contributed by atoms with Crippen LogP contribution in [0, 0.1) is 0 Å². The molecule has 0 saturated carbocycles. The Morgan fingerprint density at radius 2 is 1.74 bits per heavy atom. The van der Waals surface area contributed by atoms with Crippen LogP contribution in [0.5, 0.6) is 0 Å². The molecule has 0 spiro atoms. The van der Waals surface area contributed by atoms with E-state index in [-0.39, 0.29) is 11.5 Å². The molecule has 0 unspecified atom stereocenters. The number of unbranched alkanes of at least 4 members (excludes halogenated alkanes) is 1. The van der Waals surface area contributed by atoms with Gasteiger partial charge in [-0.15, -0.1) is 0 Å². The molecule has 0 bridgehead atoms. The molecule has 12 heteroatoms. The first kappa shape index (κ1) is 24.7. The lowest BCUT2D eigenvalue weighted by Crippen LogP contribution is -2.48. The van der Waals surface area contributed by atoms with Gasteiger partial charge in [-0.3, -0.25) is 24.0 Å². The predicted octanol–water partition coefficient (Wildman–Crippen LogP) is 2.20. The highest BCUT2D eigenvalue weighted by Gasteiger charge is 2.31. The molecule has 1 amide bonds. The van der Waals surface area contributed by atoms with Crippen LogP contribution in [0.25, 0.3) is 11.2 Å². The van der Waals surface area contributed by atoms with Crippen LogP contribution >= 0.6 is 0 Å². The number of fused-ring (bicyclic) bond motifs is 1. The van der Waals surface area contributed by atoms with Gasteiger partial charge in [-0.25, -0.2) is 9.78 Å². The summed E-state index contributed by atoms with van der Waals surface area (Å²) in [5.74, 6) is 0.316. The fourth-order valence-electron chi connectivity index (χ4n) is 4.25. The van der Waals surface area contributed by atoms with Crippen molar-refractivity contribution in [3.63, 3.8) is 0 Å². The van der Waals surface area contributed by atoms with Crippen LogP contribution in [0.2, 0.25) is 0 Å². The Balaban J connectivity index is 1.45. The Bertz CT molecular complexity index is 1330. The number of imidazole rings is 1. The van der Waals surface area contributed by atoms with Gasteiger partial charge in [0.25, 0.3) is 11.5 Å². The third-order valence-electron chi connectivity index (χ3n) is 6.32. The average Bonchev–Trinajstić information content (AvgIpc) is 3.14. The molecule has 0 radical (unpaired) electrons. The molecule has 9 nitrogen and oxygen atoms in total.